The van der Waals surface area contributed by atoms with Gasteiger partial charge in [0.15, 0.2) is 11.5 Å². The van der Waals surface area contributed by atoms with Gasteiger partial charge in [0.1, 0.15) is 0 Å². The molecule has 1 aromatic rings. The summed E-state index contributed by atoms with van der Waals surface area (Å²) in [6.45, 7) is 2.14. The van der Waals surface area contributed by atoms with Crippen LogP contribution in [0.4, 0.5) is 0 Å². The molecule has 2 heterocycles. The Morgan fingerprint density at radius 2 is 1.95 bits per heavy atom. The third kappa shape index (κ3) is 2.06. The van der Waals surface area contributed by atoms with Gasteiger partial charge in [-0.3, -0.25) is 0 Å². The number of hydrogen-bond donors (Lipinski definition) is 1. The van der Waals surface area contributed by atoms with Crippen LogP contribution >= 0.6 is 0 Å². The van der Waals surface area contributed by atoms with Crippen molar-refractivity contribution >= 4 is 11.8 Å². The zero-order chi connectivity index (χ0) is 13.4. The summed E-state index contributed by atoms with van der Waals surface area (Å²) in [5.41, 5.74) is 1.45. The molecule has 1 aromatic carbocycles. The third-order valence-electron chi connectivity index (χ3n) is 4.00. The summed E-state index contributed by atoms with van der Waals surface area (Å²) in [4.78, 5) is 2.36. The van der Waals surface area contributed by atoms with Crippen molar-refractivity contribution in [2.75, 3.05) is 34.4 Å². The molecular weight excluding hydrogens is 240 g/mol. The number of likely N-dealkylation sites (tertiary alicyclic amines) is 1. The van der Waals surface area contributed by atoms with Crippen molar-refractivity contribution in [2.24, 2.45) is 0 Å². The Morgan fingerprint density at radius 3 is 2.68 bits per heavy atom. The summed E-state index contributed by atoms with van der Waals surface area (Å²) >= 11 is 0. The molecule has 1 fully saturated rings. The molecular formula is C15H20N2O2. The number of methoxy groups -OCH3 is 2. The summed E-state index contributed by atoms with van der Waals surface area (Å²) in [6, 6.07) is 4.60. The number of nitrogens with one attached hydrogen (secondary N) is 1. The van der Waals surface area contributed by atoms with E-state index < -0.39 is 0 Å². The van der Waals surface area contributed by atoms with Gasteiger partial charge < -0.3 is 19.7 Å². The summed E-state index contributed by atoms with van der Waals surface area (Å²) in [7, 11) is 5.52. The summed E-state index contributed by atoms with van der Waals surface area (Å²) < 4.78 is 10.8. The van der Waals surface area contributed by atoms with Crippen LogP contribution in [0, 0.1) is 0 Å². The van der Waals surface area contributed by atoms with Crippen LogP contribution in [0.15, 0.2) is 12.1 Å². The van der Waals surface area contributed by atoms with Gasteiger partial charge in [-0.25, -0.2) is 0 Å². The fraction of sp³-hybridized carbons (Fsp3) is 0.467. The highest BCUT2D eigenvalue weighted by atomic mass is 16.5. The maximum Gasteiger partial charge on any atom is 0.161 e. The predicted molar refractivity (Wildman–Crippen MR) is 75.7 cm³/mol. The highest BCUT2D eigenvalue weighted by molar-refractivity contribution is 5.60. The van der Waals surface area contributed by atoms with E-state index in [-0.39, 0.29) is 0 Å². The minimum Gasteiger partial charge on any atom is -0.493 e. The predicted octanol–water partition coefficient (Wildman–Crippen LogP) is -0.100. The van der Waals surface area contributed by atoms with Gasteiger partial charge in [-0.1, -0.05) is 0 Å². The Labute approximate surface area is 113 Å². The molecule has 1 saturated heterocycles. The van der Waals surface area contributed by atoms with Crippen molar-refractivity contribution in [2.45, 2.75) is 12.5 Å². The van der Waals surface area contributed by atoms with E-state index in [4.69, 9.17) is 9.47 Å². The first-order valence-corrected chi connectivity index (χ1v) is 6.63. The van der Waals surface area contributed by atoms with E-state index in [0.717, 1.165) is 31.0 Å². The lowest BCUT2D eigenvalue weighted by Gasteiger charge is -2.34. The van der Waals surface area contributed by atoms with Gasteiger partial charge >= 0.3 is 0 Å². The van der Waals surface area contributed by atoms with Crippen molar-refractivity contribution in [3.05, 3.63) is 22.6 Å². The van der Waals surface area contributed by atoms with E-state index in [1.165, 1.54) is 16.0 Å². The number of benzene rings is 1. The van der Waals surface area contributed by atoms with Gasteiger partial charge in [0.05, 0.1) is 20.3 Å². The molecule has 2 aliphatic rings. The molecule has 0 saturated carbocycles. The largest absolute Gasteiger partial charge is 0.493 e. The number of piperidine rings is 1. The highest BCUT2D eigenvalue weighted by Crippen LogP contribution is 2.24. The number of rotatable bonds is 2. The third-order valence-corrected chi connectivity index (χ3v) is 4.00. The van der Waals surface area contributed by atoms with E-state index in [9.17, 15) is 0 Å². The molecule has 1 N–H and O–H groups in total. The second-order valence-corrected chi connectivity index (χ2v) is 5.21. The molecule has 0 amide bonds. The summed E-state index contributed by atoms with van der Waals surface area (Å²) in [5.74, 6) is 1.58. The fourth-order valence-electron chi connectivity index (χ4n) is 2.94. The monoisotopic (exact) mass is 260 g/mol. The number of hydrogen-bond acceptors (Lipinski definition) is 4. The molecule has 0 aliphatic carbocycles. The first-order chi connectivity index (χ1) is 9.22. The van der Waals surface area contributed by atoms with Gasteiger partial charge in [0.2, 0.25) is 0 Å². The van der Waals surface area contributed by atoms with Crippen LogP contribution in [-0.4, -0.2) is 45.3 Å². The van der Waals surface area contributed by atoms with Crippen molar-refractivity contribution in [3.8, 4) is 11.5 Å². The van der Waals surface area contributed by atoms with Crippen LogP contribution in [0.1, 0.15) is 6.42 Å². The second kappa shape index (κ2) is 4.78. The van der Waals surface area contributed by atoms with Gasteiger partial charge in [0, 0.05) is 24.5 Å². The molecule has 1 atom stereocenters. The van der Waals surface area contributed by atoms with Crippen molar-refractivity contribution in [3.63, 3.8) is 0 Å². The van der Waals surface area contributed by atoms with Gasteiger partial charge in [-0.2, -0.15) is 0 Å². The molecule has 0 spiro atoms. The Kier molecular flexibility index (Phi) is 3.11. The molecule has 0 radical (unpaired) electrons. The van der Waals surface area contributed by atoms with E-state index >= 15 is 0 Å². The topological polar surface area (TPSA) is 33.7 Å². The molecule has 2 aliphatic heterocycles. The normalized spacial score (nSPS) is 21.8. The Bertz CT molecular complexity index is 609. The van der Waals surface area contributed by atoms with Crippen LogP contribution in [0.2, 0.25) is 0 Å². The number of nitrogens with zero attached hydrogens (tertiary/aromatic N) is 1. The lowest BCUT2D eigenvalue weighted by molar-refractivity contribution is 0.321. The van der Waals surface area contributed by atoms with Crippen molar-refractivity contribution in [1.82, 2.24) is 10.2 Å². The van der Waals surface area contributed by atoms with Gasteiger partial charge in [-0.15, -0.1) is 0 Å². The van der Waals surface area contributed by atoms with Crippen LogP contribution in [0.25, 0.3) is 11.8 Å². The van der Waals surface area contributed by atoms with Gasteiger partial charge in [0.25, 0.3) is 0 Å². The maximum absolute atomic E-state index is 5.42. The first-order valence-electron chi connectivity index (χ1n) is 6.63. The zero-order valence-electron chi connectivity index (χ0n) is 11.7. The standard InChI is InChI=1S/C15H20N2O2/c1-17-5-4-13-12(9-17)11-7-15(19-3)14(18-2)6-10(11)8-16-13/h6-8,13,16H,4-5,9H2,1-3H3. The maximum atomic E-state index is 5.42. The lowest BCUT2D eigenvalue weighted by atomic mass is 9.93. The van der Waals surface area contributed by atoms with E-state index in [1.54, 1.807) is 14.2 Å². The van der Waals surface area contributed by atoms with E-state index in [2.05, 4.69) is 29.5 Å². The number of ether oxygens (including phenoxy) is 2. The average Bonchev–Trinajstić information content (AvgIpc) is 2.45. The Hall–Kier alpha value is -1.68. The van der Waals surface area contributed by atoms with Crippen molar-refractivity contribution < 1.29 is 9.47 Å². The molecule has 4 nitrogen and oxygen atoms in total. The Balaban J connectivity index is 2.22. The molecule has 1 unspecified atom stereocenters. The minimum atomic E-state index is 0.460. The second-order valence-electron chi connectivity index (χ2n) is 5.21. The quantitative estimate of drug-likeness (QED) is 0.805. The first kappa shape index (κ1) is 12.4. The van der Waals surface area contributed by atoms with Gasteiger partial charge in [-0.05, 0) is 36.4 Å². The highest BCUT2D eigenvalue weighted by Gasteiger charge is 2.24. The molecule has 102 valence electrons. The SMILES string of the molecule is COc1cc2c(cc1OC)=C1CN(C)CCC1NC=2. The van der Waals surface area contributed by atoms with Crippen LogP contribution in [-0.2, 0) is 0 Å². The van der Waals surface area contributed by atoms with E-state index in [0.29, 0.717) is 6.04 Å². The molecule has 0 bridgehead atoms. The molecule has 3 rings (SSSR count). The number of fused-ring (bicyclic) bond motifs is 2. The lowest BCUT2D eigenvalue weighted by Crippen LogP contribution is -2.49. The Morgan fingerprint density at radius 1 is 1.21 bits per heavy atom. The fourth-order valence-corrected chi connectivity index (χ4v) is 2.94. The summed E-state index contributed by atoms with van der Waals surface area (Å²) in [6.07, 6.45) is 3.24. The summed E-state index contributed by atoms with van der Waals surface area (Å²) in [5, 5.41) is 5.97. The van der Waals surface area contributed by atoms with Crippen LogP contribution < -0.4 is 25.2 Å². The zero-order valence-corrected chi connectivity index (χ0v) is 11.7. The molecule has 4 heteroatoms. The van der Waals surface area contributed by atoms with Crippen molar-refractivity contribution in [1.29, 1.82) is 0 Å². The average molecular weight is 260 g/mol. The smallest absolute Gasteiger partial charge is 0.161 e. The minimum absolute atomic E-state index is 0.460. The van der Waals surface area contributed by atoms with Crippen LogP contribution in [0.5, 0.6) is 11.5 Å². The molecule has 19 heavy (non-hydrogen) atoms. The molecule has 0 aromatic heterocycles. The van der Waals surface area contributed by atoms with Crippen LogP contribution in [0.3, 0.4) is 0 Å². The van der Waals surface area contributed by atoms with E-state index in [1.807, 2.05) is 6.07 Å².